The minimum absolute atomic E-state index is 0.113. The molecule has 0 unspecified atom stereocenters. The van der Waals surface area contributed by atoms with Gasteiger partial charge in [-0.15, -0.1) is 13.2 Å². The molecule has 2 aromatic rings. The van der Waals surface area contributed by atoms with Crippen LogP contribution >= 0.6 is 11.3 Å². The van der Waals surface area contributed by atoms with Crippen LogP contribution < -0.4 is 4.74 Å². The van der Waals surface area contributed by atoms with Crippen LogP contribution in [-0.2, 0) is 0 Å². The van der Waals surface area contributed by atoms with Gasteiger partial charge in [0.25, 0.3) is 5.19 Å². The monoisotopic (exact) mass is 235 g/mol. The molecule has 0 atom stereocenters. The van der Waals surface area contributed by atoms with Crippen molar-refractivity contribution in [1.29, 1.82) is 0 Å². The molecule has 7 heteroatoms. The summed E-state index contributed by atoms with van der Waals surface area (Å²) in [6.45, 7) is 0. The first-order valence-electron chi connectivity index (χ1n) is 3.80. The fraction of sp³-hybridized carbons (Fsp3) is 0.125. The normalized spacial score (nSPS) is 11.9. The number of halogens is 3. The van der Waals surface area contributed by atoms with Crippen molar-refractivity contribution in [3.05, 3.63) is 18.2 Å². The van der Waals surface area contributed by atoms with Crippen LogP contribution in [0, 0.1) is 0 Å². The molecule has 0 spiro atoms. The van der Waals surface area contributed by atoms with Crippen molar-refractivity contribution in [2.24, 2.45) is 0 Å². The Morgan fingerprint density at radius 3 is 2.67 bits per heavy atom. The molecule has 2 rings (SSSR count). The molecule has 0 aliphatic heterocycles. The number of phenolic OH excluding ortho intramolecular Hbond substituents is 1. The summed E-state index contributed by atoms with van der Waals surface area (Å²) in [6, 6.07) is 4.42. The number of benzene rings is 1. The Morgan fingerprint density at radius 2 is 2.07 bits per heavy atom. The lowest BCUT2D eigenvalue weighted by Gasteiger charge is -2.03. The standard InChI is InChI=1S/C8H4F3NO2S/c9-8(10,11)14-7-12-6-4(13)2-1-3-5(6)15-7/h1-3,13H. The minimum Gasteiger partial charge on any atom is -0.506 e. The van der Waals surface area contributed by atoms with E-state index in [1.807, 2.05) is 0 Å². The lowest BCUT2D eigenvalue weighted by molar-refractivity contribution is -0.274. The quantitative estimate of drug-likeness (QED) is 0.826. The summed E-state index contributed by atoms with van der Waals surface area (Å²) in [5, 5.41) is 8.76. The topological polar surface area (TPSA) is 42.4 Å². The molecule has 1 heterocycles. The second-order valence-corrected chi connectivity index (χ2v) is 3.64. The summed E-state index contributed by atoms with van der Waals surface area (Å²) in [6.07, 6.45) is -4.76. The Hall–Kier alpha value is -1.50. The molecule has 0 bridgehead atoms. The fourth-order valence-corrected chi connectivity index (χ4v) is 1.91. The molecule has 0 amide bonds. The number of fused-ring (bicyclic) bond motifs is 1. The van der Waals surface area contributed by atoms with Crippen LogP contribution in [0.25, 0.3) is 10.2 Å². The van der Waals surface area contributed by atoms with Gasteiger partial charge in [-0.3, -0.25) is 0 Å². The van der Waals surface area contributed by atoms with Crippen LogP contribution in [0.2, 0.25) is 0 Å². The Kier molecular flexibility index (Phi) is 2.18. The second-order valence-electron chi connectivity index (χ2n) is 2.65. The van der Waals surface area contributed by atoms with E-state index in [4.69, 9.17) is 0 Å². The van der Waals surface area contributed by atoms with Crippen LogP contribution in [0.15, 0.2) is 18.2 Å². The number of thiazole rings is 1. The molecular weight excluding hydrogens is 231 g/mol. The van der Waals surface area contributed by atoms with Crippen molar-refractivity contribution in [1.82, 2.24) is 4.98 Å². The number of aromatic nitrogens is 1. The summed E-state index contributed by atoms with van der Waals surface area (Å²) >= 11 is 0.725. The van der Waals surface area contributed by atoms with Gasteiger partial charge >= 0.3 is 6.36 Å². The summed E-state index contributed by atoms with van der Waals surface area (Å²) in [5.41, 5.74) is 0.113. The number of hydrogen-bond acceptors (Lipinski definition) is 4. The van der Waals surface area contributed by atoms with Crippen LogP contribution in [-0.4, -0.2) is 16.5 Å². The van der Waals surface area contributed by atoms with Gasteiger partial charge in [-0.05, 0) is 12.1 Å². The number of para-hydroxylation sites is 1. The summed E-state index contributed by atoms with van der Waals surface area (Å²) in [4.78, 5) is 3.52. The van der Waals surface area contributed by atoms with E-state index in [2.05, 4.69) is 9.72 Å². The first-order valence-corrected chi connectivity index (χ1v) is 4.61. The zero-order valence-electron chi connectivity index (χ0n) is 7.08. The lowest BCUT2D eigenvalue weighted by Crippen LogP contribution is -2.16. The van der Waals surface area contributed by atoms with Gasteiger partial charge in [0.05, 0.1) is 4.70 Å². The van der Waals surface area contributed by atoms with Gasteiger partial charge < -0.3 is 9.84 Å². The predicted molar refractivity (Wildman–Crippen MR) is 48.0 cm³/mol. The molecule has 0 aliphatic rings. The van der Waals surface area contributed by atoms with E-state index >= 15 is 0 Å². The number of rotatable bonds is 1. The van der Waals surface area contributed by atoms with E-state index in [0.29, 0.717) is 4.70 Å². The number of aromatic hydroxyl groups is 1. The highest BCUT2D eigenvalue weighted by Crippen LogP contribution is 2.35. The maximum Gasteiger partial charge on any atom is 0.574 e. The van der Waals surface area contributed by atoms with Gasteiger partial charge in [0.1, 0.15) is 11.3 Å². The molecule has 0 radical (unpaired) electrons. The van der Waals surface area contributed by atoms with E-state index in [1.165, 1.54) is 12.1 Å². The van der Waals surface area contributed by atoms with Gasteiger partial charge in [0, 0.05) is 0 Å². The molecule has 1 aromatic carbocycles. The molecule has 1 aromatic heterocycles. The van der Waals surface area contributed by atoms with Gasteiger partial charge in [-0.2, -0.15) is 4.98 Å². The van der Waals surface area contributed by atoms with Crippen LogP contribution in [0.4, 0.5) is 13.2 Å². The van der Waals surface area contributed by atoms with E-state index < -0.39 is 11.6 Å². The molecular formula is C8H4F3NO2S. The second kappa shape index (κ2) is 3.27. The molecule has 3 nitrogen and oxygen atoms in total. The highest BCUT2D eigenvalue weighted by molar-refractivity contribution is 7.20. The van der Waals surface area contributed by atoms with Crippen molar-refractivity contribution in [3.63, 3.8) is 0 Å². The Labute approximate surface area is 85.7 Å². The van der Waals surface area contributed by atoms with Crippen molar-refractivity contribution < 1.29 is 23.0 Å². The summed E-state index contributed by atoms with van der Waals surface area (Å²) in [5.74, 6) is -0.166. The van der Waals surface area contributed by atoms with Crippen LogP contribution in [0.5, 0.6) is 10.9 Å². The molecule has 15 heavy (non-hydrogen) atoms. The zero-order chi connectivity index (χ0) is 11.1. The first-order chi connectivity index (χ1) is 6.96. The fourth-order valence-electron chi connectivity index (χ4n) is 1.06. The average Bonchev–Trinajstić information content (AvgIpc) is 2.45. The Balaban J connectivity index is 2.44. The van der Waals surface area contributed by atoms with E-state index in [1.54, 1.807) is 6.07 Å². The average molecular weight is 235 g/mol. The molecule has 80 valence electrons. The van der Waals surface area contributed by atoms with Crippen molar-refractivity contribution in [2.75, 3.05) is 0 Å². The third-order valence-corrected chi connectivity index (χ3v) is 2.48. The first kappa shape index (κ1) is 10.0. The summed E-state index contributed by atoms with van der Waals surface area (Å²) < 4.78 is 39.6. The van der Waals surface area contributed by atoms with Crippen molar-refractivity contribution in [2.45, 2.75) is 6.36 Å². The maximum atomic E-state index is 11.9. The Morgan fingerprint density at radius 1 is 1.33 bits per heavy atom. The smallest absolute Gasteiger partial charge is 0.506 e. The van der Waals surface area contributed by atoms with Crippen LogP contribution in [0.3, 0.4) is 0 Å². The molecule has 0 aliphatic carbocycles. The van der Waals surface area contributed by atoms with Crippen molar-refractivity contribution in [3.8, 4) is 10.9 Å². The van der Waals surface area contributed by atoms with Gasteiger partial charge in [0.2, 0.25) is 0 Å². The number of ether oxygens (including phenoxy) is 1. The molecule has 0 saturated carbocycles. The van der Waals surface area contributed by atoms with E-state index in [0.717, 1.165) is 11.3 Å². The molecule has 0 saturated heterocycles. The minimum atomic E-state index is -4.76. The van der Waals surface area contributed by atoms with E-state index in [9.17, 15) is 18.3 Å². The number of alkyl halides is 3. The van der Waals surface area contributed by atoms with E-state index in [-0.39, 0.29) is 11.3 Å². The third kappa shape index (κ3) is 2.12. The van der Waals surface area contributed by atoms with Gasteiger partial charge in [-0.25, -0.2) is 0 Å². The number of phenols is 1. The Bertz CT molecular complexity index is 494. The highest BCUT2D eigenvalue weighted by atomic mass is 32.1. The summed E-state index contributed by atoms with van der Waals surface area (Å²) in [7, 11) is 0. The zero-order valence-corrected chi connectivity index (χ0v) is 7.89. The third-order valence-electron chi connectivity index (χ3n) is 1.58. The van der Waals surface area contributed by atoms with Crippen LogP contribution in [0.1, 0.15) is 0 Å². The molecule has 1 N–H and O–H groups in total. The van der Waals surface area contributed by atoms with Crippen molar-refractivity contribution >= 4 is 21.6 Å². The largest absolute Gasteiger partial charge is 0.574 e. The maximum absolute atomic E-state index is 11.9. The number of nitrogens with zero attached hydrogens (tertiary/aromatic N) is 1. The van der Waals surface area contributed by atoms with Gasteiger partial charge in [-0.1, -0.05) is 17.4 Å². The predicted octanol–water partition coefficient (Wildman–Crippen LogP) is 2.90. The molecule has 0 fully saturated rings. The highest BCUT2D eigenvalue weighted by Gasteiger charge is 2.32. The number of hydrogen-bond donors (Lipinski definition) is 1. The SMILES string of the molecule is Oc1cccc2sc(OC(F)(F)F)nc12. The lowest BCUT2D eigenvalue weighted by atomic mass is 10.3. The van der Waals surface area contributed by atoms with Gasteiger partial charge in [0.15, 0.2) is 0 Å².